The molecular weight excluding hydrogens is 245 g/mol. The molecule has 2 amide bonds. The zero-order valence-electron chi connectivity index (χ0n) is 9.55. The van der Waals surface area contributed by atoms with E-state index in [9.17, 15) is 18.0 Å². The Balaban J connectivity index is 1.91. The third-order valence-electron chi connectivity index (χ3n) is 2.91. The molecule has 0 spiro atoms. The van der Waals surface area contributed by atoms with Crippen molar-refractivity contribution >= 4 is 11.7 Å². The number of amides is 2. The molecule has 1 fully saturated rings. The van der Waals surface area contributed by atoms with E-state index >= 15 is 0 Å². The largest absolute Gasteiger partial charge is 0.416 e. The van der Waals surface area contributed by atoms with E-state index in [1.165, 1.54) is 12.1 Å². The van der Waals surface area contributed by atoms with Gasteiger partial charge in [-0.25, -0.2) is 4.79 Å². The molecular formula is C12H13F3N2O. The number of carbonyl (C=O) groups excluding carboxylic acids is 1. The molecule has 1 saturated carbocycles. The molecule has 98 valence electrons. The Morgan fingerprint density at radius 3 is 2.22 bits per heavy atom. The lowest BCUT2D eigenvalue weighted by molar-refractivity contribution is -0.137. The molecule has 0 aliphatic heterocycles. The maximum absolute atomic E-state index is 12.3. The van der Waals surface area contributed by atoms with Crippen LogP contribution in [-0.2, 0) is 6.18 Å². The van der Waals surface area contributed by atoms with E-state index in [1.807, 2.05) is 0 Å². The Morgan fingerprint density at radius 1 is 1.17 bits per heavy atom. The van der Waals surface area contributed by atoms with Gasteiger partial charge in [0.2, 0.25) is 0 Å². The molecule has 0 radical (unpaired) electrons. The van der Waals surface area contributed by atoms with Crippen LogP contribution in [0.15, 0.2) is 24.3 Å². The summed E-state index contributed by atoms with van der Waals surface area (Å²) in [4.78, 5) is 11.5. The van der Waals surface area contributed by atoms with Crippen LogP contribution in [-0.4, -0.2) is 12.1 Å². The van der Waals surface area contributed by atoms with Gasteiger partial charge in [0.25, 0.3) is 0 Å². The minimum atomic E-state index is -4.35. The first-order valence-electron chi connectivity index (χ1n) is 5.70. The van der Waals surface area contributed by atoms with Gasteiger partial charge in [-0.3, -0.25) is 0 Å². The summed E-state index contributed by atoms with van der Waals surface area (Å²) in [7, 11) is 0. The van der Waals surface area contributed by atoms with Crippen molar-refractivity contribution in [2.24, 2.45) is 0 Å². The maximum atomic E-state index is 12.3. The highest BCUT2D eigenvalue weighted by atomic mass is 19.4. The molecule has 1 aromatic carbocycles. The van der Waals surface area contributed by atoms with Gasteiger partial charge in [0.1, 0.15) is 0 Å². The molecule has 0 aromatic heterocycles. The summed E-state index contributed by atoms with van der Waals surface area (Å²) >= 11 is 0. The third kappa shape index (κ3) is 3.15. The van der Waals surface area contributed by atoms with E-state index in [2.05, 4.69) is 10.6 Å². The van der Waals surface area contributed by atoms with Crippen LogP contribution in [0.1, 0.15) is 24.8 Å². The number of alkyl halides is 3. The van der Waals surface area contributed by atoms with Crippen molar-refractivity contribution in [2.45, 2.75) is 31.5 Å². The van der Waals surface area contributed by atoms with Crippen LogP contribution in [0.2, 0.25) is 0 Å². The van der Waals surface area contributed by atoms with Gasteiger partial charge in [0.15, 0.2) is 0 Å². The number of rotatable bonds is 2. The Hall–Kier alpha value is -1.72. The second-order valence-electron chi connectivity index (χ2n) is 4.30. The number of urea groups is 1. The Morgan fingerprint density at radius 2 is 1.78 bits per heavy atom. The monoisotopic (exact) mass is 258 g/mol. The summed E-state index contributed by atoms with van der Waals surface area (Å²) in [6.45, 7) is 0. The standard InChI is InChI=1S/C12H13F3N2O/c13-12(14,15)8-4-6-10(7-5-8)17-11(18)16-9-2-1-3-9/h4-7,9H,1-3H2,(H2,16,17,18). The molecule has 0 atom stereocenters. The van der Waals surface area contributed by atoms with E-state index < -0.39 is 11.7 Å². The number of halogens is 3. The highest BCUT2D eigenvalue weighted by Gasteiger charge is 2.30. The van der Waals surface area contributed by atoms with Crippen molar-refractivity contribution < 1.29 is 18.0 Å². The van der Waals surface area contributed by atoms with E-state index in [-0.39, 0.29) is 12.1 Å². The lowest BCUT2D eigenvalue weighted by Crippen LogP contribution is -2.41. The molecule has 1 aliphatic rings. The number of carbonyl (C=O) groups is 1. The summed E-state index contributed by atoms with van der Waals surface area (Å²) in [5.41, 5.74) is -0.382. The number of nitrogens with one attached hydrogen (secondary N) is 2. The Labute approximate surface area is 102 Å². The van der Waals surface area contributed by atoms with Crippen LogP contribution in [0, 0.1) is 0 Å². The molecule has 18 heavy (non-hydrogen) atoms. The Kier molecular flexibility index (Phi) is 3.45. The predicted molar refractivity (Wildman–Crippen MR) is 61.2 cm³/mol. The summed E-state index contributed by atoms with van der Waals surface area (Å²) < 4.78 is 36.9. The van der Waals surface area contributed by atoms with Gasteiger partial charge < -0.3 is 10.6 Å². The van der Waals surface area contributed by atoms with Gasteiger partial charge in [-0.1, -0.05) is 0 Å². The van der Waals surface area contributed by atoms with Gasteiger partial charge in [-0.15, -0.1) is 0 Å². The first kappa shape index (κ1) is 12.7. The van der Waals surface area contributed by atoms with Crippen molar-refractivity contribution in [3.63, 3.8) is 0 Å². The molecule has 1 aromatic rings. The second-order valence-corrected chi connectivity index (χ2v) is 4.30. The lowest BCUT2D eigenvalue weighted by atomic mass is 9.93. The quantitative estimate of drug-likeness (QED) is 0.838. The smallest absolute Gasteiger partial charge is 0.335 e. The maximum Gasteiger partial charge on any atom is 0.416 e. The highest BCUT2D eigenvalue weighted by molar-refractivity contribution is 5.89. The van der Waals surface area contributed by atoms with Crippen molar-refractivity contribution in [1.29, 1.82) is 0 Å². The number of anilines is 1. The molecule has 0 heterocycles. The van der Waals surface area contributed by atoms with Gasteiger partial charge >= 0.3 is 12.2 Å². The first-order valence-corrected chi connectivity index (χ1v) is 5.70. The summed E-state index contributed by atoms with van der Waals surface area (Å²) in [5, 5.41) is 5.24. The van der Waals surface area contributed by atoms with E-state index in [1.54, 1.807) is 0 Å². The highest BCUT2D eigenvalue weighted by Crippen LogP contribution is 2.29. The molecule has 0 bridgehead atoms. The zero-order valence-corrected chi connectivity index (χ0v) is 9.55. The predicted octanol–water partition coefficient (Wildman–Crippen LogP) is 3.38. The number of benzene rings is 1. The fraction of sp³-hybridized carbons (Fsp3) is 0.417. The lowest BCUT2D eigenvalue weighted by Gasteiger charge is -2.26. The minimum absolute atomic E-state index is 0.194. The SMILES string of the molecule is O=C(Nc1ccc(C(F)(F)F)cc1)NC1CCC1. The topological polar surface area (TPSA) is 41.1 Å². The van der Waals surface area contributed by atoms with Crippen LogP contribution >= 0.6 is 0 Å². The van der Waals surface area contributed by atoms with Gasteiger partial charge in [0, 0.05) is 11.7 Å². The molecule has 0 saturated heterocycles. The molecule has 6 heteroatoms. The molecule has 1 aliphatic carbocycles. The average molecular weight is 258 g/mol. The van der Waals surface area contributed by atoms with Gasteiger partial charge in [0.05, 0.1) is 5.56 Å². The van der Waals surface area contributed by atoms with E-state index in [0.29, 0.717) is 5.69 Å². The molecule has 3 nitrogen and oxygen atoms in total. The van der Waals surface area contributed by atoms with Crippen molar-refractivity contribution in [2.75, 3.05) is 5.32 Å². The third-order valence-corrected chi connectivity index (χ3v) is 2.91. The van der Waals surface area contributed by atoms with E-state index in [4.69, 9.17) is 0 Å². The van der Waals surface area contributed by atoms with Crippen LogP contribution < -0.4 is 10.6 Å². The van der Waals surface area contributed by atoms with Gasteiger partial charge in [-0.2, -0.15) is 13.2 Å². The summed E-state index contributed by atoms with van der Waals surface area (Å²) in [5.74, 6) is 0. The molecule has 0 unspecified atom stereocenters. The fourth-order valence-electron chi connectivity index (χ4n) is 1.65. The first-order chi connectivity index (χ1) is 8.45. The van der Waals surface area contributed by atoms with Crippen LogP contribution in [0.3, 0.4) is 0 Å². The fourth-order valence-corrected chi connectivity index (χ4v) is 1.65. The van der Waals surface area contributed by atoms with Crippen molar-refractivity contribution in [3.05, 3.63) is 29.8 Å². The number of hydrogen-bond acceptors (Lipinski definition) is 1. The Bertz CT molecular complexity index is 424. The van der Waals surface area contributed by atoms with Crippen molar-refractivity contribution in [1.82, 2.24) is 5.32 Å². The second kappa shape index (κ2) is 4.88. The van der Waals surface area contributed by atoms with Crippen LogP contribution in [0.25, 0.3) is 0 Å². The van der Waals surface area contributed by atoms with Crippen LogP contribution in [0.4, 0.5) is 23.7 Å². The average Bonchev–Trinajstić information content (AvgIpc) is 2.23. The summed E-state index contributed by atoms with van der Waals surface area (Å²) in [6.07, 6.45) is -1.33. The normalized spacial score (nSPS) is 15.9. The number of hydrogen-bond donors (Lipinski definition) is 2. The molecule has 2 N–H and O–H groups in total. The zero-order chi connectivity index (χ0) is 13.2. The summed E-state index contributed by atoms with van der Waals surface area (Å²) in [6, 6.07) is 4.18. The van der Waals surface area contributed by atoms with Crippen molar-refractivity contribution in [3.8, 4) is 0 Å². The van der Waals surface area contributed by atoms with Crippen LogP contribution in [0.5, 0.6) is 0 Å². The minimum Gasteiger partial charge on any atom is -0.335 e. The van der Waals surface area contributed by atoms with E-state index in [0.717, 1.165) is 31.4 Å². The van der Waals surface area contributed by atoms with Gasteiger partial charge in [-0.05, 0) is 43.5 Å². The molecule has 2 rings (SSSR count).